The fourth-order valence-electron chi connectivity index (χ4n) is 2.48. The minimum atomic E-state index is -0.263. The van der Waals surface area contributed by atoms with E-state index >= 15 is 0 Å². The summed E-state index contributed by atoms with van der Waals surface area (Å²) in [6.45, 7) is 6.37. The first-order chi connectivity index (χ1) is 7.16. The number of nitrogens with one attached hydrogen (secondary N) is 1. The van der Waals surface area contributed by atoms with Crippen molar-refractivity contribution in [2.45, 2.75) is 25.7 Å². The Hall–Kier alpha value is -0.960. The van der Waals surface area contributed by atoms with E-state index in [0.717, 1.165) is 25.2 Å². The van der Waals surface area contributed by atoms with Crippen LogP contribution in [0.25, 0.3) is 0 Å². The van der Waals surface area contributed by atoms with Crippen molar-refractivity contribution in [3.63, 3.8) is 0 Å². The van der Waals surface area contributed by atoms with Crippen molar-refractivity contribution < 1.29 is 4.39 Å². The van der Waals surface area contributed by atoms with Crippen LogP contribution in [0, 0.1) is 11.7 Å². The molecule has 1 aliphatic heterocycles. The van der Waals surface area contributed by atoms with Gasteiger partial charge in [0.25, 0.3) is 0 Å². The van der Waals surface area contributed by atoms with Crippen molar-refractivity contribution >= 4 is 0 Å². The van der Waals surface area contributed by atoms with Crippen molar-refractivity contribution in [1.82, 2.24) is 10.3 Å². The van der Waals surface area contributed by atoms with E-state index in [1.165, 1.54) is 12.3 Å². The second-order valence-electron chi connectivity index (χ2n) is 4.52. The van der Waals surface area contributed by atoms with Crippen molar-refractivity contribution in [3.05, 3.63) is 29.8 Å². The molecule has 2 rings (SSSR count). The molecule has 1 fully saturated rings. The van der Waals surface area contributed by atoms with Gasteiger partial charge in [-0.3, -0.25) is 4.98 Å². The number of hydrogen-bond acceptors (Lipinski definition) is 2. The van der Waals surface area contributed by atoms with Gasteiger partial charge in [0.1, 0.15) is 5.82 Å². The van der Waals surface area contributed by atoms with E-state index in [1.807, 2.05) is 6.07 Å². The Morgan fingerprint density at radius 2 is 2.40 bits per heavy atom. The Morgan fingerprint density at radius 3 is 3.00 bits per heavy atom. The Labute approximate surface area is 89.9 Å². The highest BCUT2D eigenvalue weighted by Crippen LogP contribution is 2.35. The second-order valence-corrected chi connectivity index (χ2v) is 4.52. The van der Waals surface area contributed by atoms with Gasteiger partial charge in [-0.25, -0.2) is 4.39 Å². The van der Waals surface area contributed by atoms with Crippen LogP contribution < -0.4 is 5.32 Å². The third kappa shape index (κ3) is 1.76. The summed E-state index contributed by atoms with van der Waals surface area (Å²) < 4.78 is 12.8. The van der Waals surface area contributed by atoms with Gasteiger partial charge in [-0.2, -0.15) is 0 Å². The van der Waals surface area contributed by atoms with E-state index in [-0.39, 0.29) is 11.2 Å². The number of pyridine rings is 1. The zero-order valence-electron chi connectivity index (χ0n) is 9.26. The zero-order chi connectivity index (χ0) is 10.9. The summed E-state index contributed by atoms with van der Waals surface area (Å²) in [7, 11) is 0. The second kappa shape index (κ2) is 3.89. The highest BCUT2D eigenvalue weighted by Gasteiger charge is 2.39. The van der Waals surface area contributed by atoms with E-state index in [4.69, 9.17) is 0 Å². The summed E-state index contributed by atoms with van der Waals surface area (Å²) in [5, 5.41) is 3.39. The molecule has 1 aliphatic rings. The molecule has 0 saturated carbocycles. The molecule has 2 unspecified atom stereocenters. The maximum Gasteiger partial charge on any atom is 0.141 e. The smallest absolute Gasteiger partial charge is 0.141 e. The van der Waals surface area contributed by atoms with Gasteiger partial charge in [-0.15, -0.1) is 0 Å². The van der Waals surface area contributed by atoms with E-state index in [1.54, 1.807) is 0 Å². The lowest BCUT2D eigenvalue weighted by molar-refractivity contribution is 0.355. The third-order valence-corrected chi connectivity index (χ3v) is 3.59. The van der Waals surface area contributed by atoms with Gasteiger partial charge >= 0.3 is 0 Å². The molecule has 1 saturated heterocycles. The summed E-state index contributed by atoms with van der Waals surface area (Å²) in [4.78, 5) is 4.22. The topological polar surface area (TPSA) is 24.9 Å². The molecule has 0 spiro atoms. The molecule has 2 atom stereocenters. The highest BCUT2D eigenvalue weighted by molar-refractivity contribution is 5.21. The predicted molar refractivity (Wildman–Crippen MR) is 58.2 cm³/mol. The molecule has 2 heterocycles. The van der Waals surface area contributed by atoms with Crippen LogP contribution >= 0.6 is 0 Å². The van der Waals surface area contributed by atoms with Crippen molar-refractivity contribution in [3.8, 4) is 0 Å². The summed E-state index contributed by atoms with van der Waals surface area (Å²) >= 11 is 0. The molecule has 0 aromatic carbocycles. The number of aromatic nitrogens is 1. The molecule has 1 aromatic heterocycles. The van der Waals surface area contributed by atoms with E-state index < -0.39 is 0 Å². The van der Waals surface area contributed by atoms with Crippen LogP contribution in [0.3, 0.4) is 0 Å². The molecule has 0 amide bonds. The lowest BCUT2D eigenvalue weighted by Gasteiger charge is -2.29. The molecule has 3 heteroatoms. The lowest BCUT2D eigenvalue weighted by atomic mass is 9.75. The number of halogens is 1. The van der Waals surface area contributed by atoms with Crippen LogP contribution in [0.2, 0.25) is 0 Å². The maximum absolute atomic E-state index is 12.8. The normalized spacial score (nSPS) is 30.7. The van der Waals surface area contributed by atoms with E-state index in [2.05, 4.69) is 24.1 Å². The van der Waals surface area contributed by atoms with Crippen molar-refractivity contribution in [1.29, 1.82) is 0 Å². The average Bonchev–Trinajstić information content (AvgIpc) is 2.61. The first-order valence-electron chi connectivity index (χ1n) is 5.49. The molecule has 0 bridgehead atoms. The van der Waals surface area contributed by atoms with Gasteiger partial charge < -0.3 is 5.32 Å². The van der Waals surface area contributed by atoms with Gasteiger partial charge in [0.15, 0.2) is 0 Å². The van der Waals surface area contributed by atoms with Gasteiger partial charge in [0, 0.05) is 17.7 Å². The maximum atomic E-state index is 12.8. The summed E-state index contributed by atoms with van der Waals surface area (Å²) in [6.07, 6.45) is 2.44. The molecule has 82 valence electrons. The quantitative estimate of drug-likeness (QED) is 0.805. The minimum Gasteiger partial charge on any atom is -0.315 e. The molecule has 0 aliphatic carbocycles. The zero-order valence-corrected chi connectivity index (χ0v) is 9.26. The van der Waals surface area contributed by atoms with Crippen LogP contribution in [0.4, 0.5) is 4.39 Å². The average molecular weight is 208 g/mol. The Bertz CT molecular complexity index is 336. The van der Waals surface area contributed by atoms with Gasteiger partial charge in [0.05, 0.1) is 6.20 Å². The highest BCUT2D eigenvalue weighted by atomic mass is 19.1. The number of hydrogen-bond donors (Lipinski definition) is 1. The monoisotopic (exact) mass is 208 g/mol. The summed E-state index contributed by atoms with van der Waals surface area (Å²) in [5.41, 5.74) is 1.06. The SMILES string of the molecule is CCC1CNCC1(C)c1ccc(F)cn1. The van der Waals surface area contributed by atoms with Crippen LogP contribution in [-0.4, -0.2) is 18.1 Å². The van der Waals surface area contributed by atoms with Gasteiger partial charge in [-0.1, -0.05) is 20.3 Å². The first kappa shape index (κ1) is 10.6. The van der Waals surface area contributed by atoms with Crippen molar-refractivity contribution in [2.75, 3.05) is 13.1 Å². The Balaban J connectivity index is 2.32. The standard InChI is InChI=1S/C12H17FN2/c1-3-9-6-14-8-12(9,2)11-5-4-10(13)7-15-11/h4-5,7,9,14H,3,6,8H2,1-2H3. The predicted octanol–water partition coefficient (Wildman–Crippen LogP) is 2.11. The number of rotatable bonds is 2. The van der Waals surface area contributed by atoms with Crippen molar-refractivity contribution in [2.24, 2.45) is 5.92 Å². The Kier molecular flexibility index (Phi) is 2.74. The molecular formula is C12H17FN2. The largest absolute Gasteiger partial charge is 0.315 e. The van der Waals surface area contributed by atoms with Crippen LogP contribution in [0.15, 0.2) is 18.3 Å². The third-order valence-electron chi connectivity index (χ3n) is 3.59. The first-order valence-corrected chi connectivity index (χ1v) is 5.49. The molecule has 0 radical (unpaired) electrons. The molecule has 1 N–H and O–H groups in total. The van der Waals surface area contributed by atoms with Gasteiger partial charge in [0.2, 0.25) is 0 Å². The minimum absolute atomic E-state index is 0.0580. The van der Waals surface area contributed by atoms with Gasteiger partial charge in [-0.05, 0) is 24.6 Å². The van der Waals surface area contributed by atoms with E-state index in [9.17, 15) is 4.39 Å². The van der Waals surface area contributed by atoms with E-state index in [0.29, 0.717) is 5.92 Å². The molecule has 2 nitrogen and oxygen atoms in total. The van der Waals surface area contributed by atoms with Crippen LogP contribution in [-0.2, 0) is 5.41 Å². The summed E-state index contributed by atoms with van der Waals surface area (Å²) in [5.74, 6) is 0.330. The summed E-state index contributed by atoms with van der Waals surface area (Å²) in [6, 6.07) is 3.31. The Morgan fingerprint density at radius 1 is 1.60 bits per heavy atom. The lowest BCUT2D eigenvalue weighted by Crippen LogP contribution is -2.32. The fourth-order valence-corrected chi connectivity index (χ4v) is 2.48. The molecule has 15 heavy (non-hydrogen) atoms. The fraction of sp³-hybridized carbons (Fsp3) is 0.583. The molecular weight excluding hydrogens is 191 g/mol. The van der Waals surface area contributed by atoms with Crippen LogP contribution in [0.1, 0.15) is 26.0 Å². The van der Waals surface area contributed by atoms with Crippen LogP contribution in [0.5, 0.6) is 0 Å². The molecule has 1 aromatic rings. The number of nitrogens with zero attached hydrogens (tertiary/aromatic N) is 1.